The molecule has 0 amide bonds. The zero-order chi connectivity index (χ0) is 14.5. The van der Waals surface area contributed by atoms with Crippen LogP contribution in [-0.2, 0) is 6.54 Å². The summed E-state index contributed by atoms with van der Waals surface area (Å²) in [4.78, 5) is 0. The summed E-state index contributed by atoms with van der Waals surface area (Å²) >= 11 is 3.54. The molecule has 1 saturated carbocycles. The third kappa shape index (κ3) is 3.67. The fourth-order valence-electron chi connectivity index (χ4n) is 2.98. The van der Waals surface area contributed by atoms with Gasteiger partial charge in [0.05, 0.1) is 18.7 Å². The minimum absolute atomic E-state index is 0.573. The van der Waals surface area contributed by atoms with Crippen molar-refractivity contribution in [2.24, 2.45) is 5.92 Å². The average Bonchev–Trinajstić information content (AvgIpc) is 2.98. The summed E-state index contributed by atoms with van der Waals surface area (Å²) in [5.41, 5.74) is 1.21. The van der Waals surface area contributed by atoms with E-state index < -0.39 is 0 Å². The van der Waals surface area contributed by atoms with Crippen molar-refractivity contribution in [2.75, 3.05) is 14.2 Å². The minimum Gasteiger partial charge on any atom is -0.493 e. The van der Waals surface area contributed by atoms with Crippen LogP contribution in [0, 0.1) is 5.92 Å². The highest BCUT2D eigenvalue weighted by molar-refractivity contribution is 9.10. The second-order valence-electron chi connectivity index (χ2n) is 5.53. The monoisotopic (exact) mass is 341 g/mol. The molecular weight excluding hydrogens is 318 g/mol. The quantitative estimate of drug-likeness (QED) is 0.843. The third-order valence-corrected chi connectivity index (χ3v) is 4.82. The van der Waals surface area contributed by atoms with Gasteiger partial charge in [0.1, 0.15) is 0 Å². The van der Waals surface area contributed by atoms with Gasteiger partial charge in [0.25, 0.3) is 0 Å². The predicted molar refractivity (Wildman–Crippen MR) is 85.5 cm³/mol. The maximum atomic E-state index is 5.38. The maximum Gasteiger partial charge on any atom is 0.174 e. The molecule has 1 aromatic rings. The van der Waals surface area contributed by atoms with Crippen molar-refractivity contribution in [3.8, 4) is 11.5 Å². The molecule has 0 aromatic heterocycles. The Labute approximate surface area is 130 Å². The summed E-state index contributed by atoms with van der Waals surface area (Å²) in [7, 11) is 3.32. The lowest BCUT2D eigenvalue weighted by molar-refractivity contribution is 0.351. The highest BCUT2D eigenvalue weighted by Gasteiger charge is 2.21. The van der Waals surface area contributed by atoms with E-state index in [0.717, 1.165) is 28.4 Å². The third-order valence-electron chi connectivity index (χ3n) is 4.23. The van der Waals surface area contributed by atoms with Crippen LogP contribution < -0.4 is 14.8 Å². The number of hydrogen-bond acceptors (Lipinski definition) is 3. The van der Waals surface area contributed by atoms with Gasteiger partial charge in [-0.05, 0) is 59.3 Å². The molecule has 0 bridgehead atoms. The van der Waals surface area contributed by atoms with Crippen LogP contribution in [0.15, 0.2) is 16.6 Å². The van der Waals surface area contributed by atoms with Gasteiger partial charge in [-0.2, -0.15) is 0 Å². The molecule has 0 saturated heterocycles. The topological polar surface area (TPSA) is 30.5 Å². The Kier molecular flexibility index (Phi) is 5.73. The van der Waals surface area contributed by atoms with E-state index in [-0.39, 0.29) is 0 Å². The zero-order valence-electron chi connectivity index (χ0n) is 12.5. The SMILES string of the molecule is COc1cc(CN[C@H](C)C2CCCC2)cc(Br)c1OC. The molecular formula is C16H24BrNO2. The van der Waals surface area contributed by atoms with Gasteiger partial charge < -0.3 is 14.8 Å². The van der Waals surface area contributed by atoms with Gasteiger partial charge in [-0.3, -0.25) is 0 Å². The van der Waals surface area contributed by atoms with Crippen LogP contribution in [0.3, 0.4) is 0 Å². The van der Waals surface area contributed by atoms with Crippen molar-refractivity contribution in [3.63, 3.8) is 0 Å². The van der Waals surface area contributed by atoms with E-state index in [1.54, 1.807) is 14.2 Å². The van der Waals surface area contributed by atoms with Crippen molar-refractivity contribution in [3.05, 3.63) is 22.2 Å². The fourth-order valence-corrected chi connectivity index (χ4v) is 3.63. The molecule has 1 N–H and O–H groups in total. The molecule has 112 valence electrons. The summed E-state index contributed by atoms with van der Waals surface area (Å²) in [5.74, 6) is 2.35. The van der Waals surface area contributed by atoms with Crippen LogP contribution in [-0.4, -0.2) is 20.3 Å². The van der Waals surface area contributed by atoms with Gasteiger partial charge in [0.15, 0.2) is 11.5 Å². The number of nitrogens with one attached hydrogen (secondary N) is 1. The first kappa shape index (κ1) is 15.6. The Morgan fingerprint density at radius 2 is 1.95 bits per heavy atom. The van der Waals surface area contributed by atoms with Crippen LogP contribution in [0.25, 0.3) is 0 Å². The molecule has 0 heterocycles. The second-order valence-corrected chi connectivity index (χ2v) is 6.38. The molecule has 1 aliphatic rings. The van der Waals surface area contributed by atoms with Gasteiger partial charge >= 0.3 is 0 Å². The Balaban J connectivity index is 2.00. The van der Waals surface area contributed by atoms with Gasteiger partial charge in [0.2, 0.25) is 0 Å². The maximum absolute atomic E-state index is 5.38. The zero-order valence-corrected chi connectivity index (χ0v) is 14.1. The molecule has 0 spiro atoms. The molecule has 1 aromatic carbocycles. The molecule has 1 fully saturated rings. The number of benzene rings is 1. The van der Waals surface area contributed by atoms with Crippen LogP contribution in [0.5, 0.6) is 11.5 Å². The van der Waals surface area contributed by atoms with E-state index in [0.29, 0.717) is 6.04 Å². The van der Waals surface area contributed by atoms with Gasteiger partial charge in [-0.15, -0.1) is 0 Å². The first-order valence-electron chi connectivity index (χ1n) is 7.29. The summed E-state index contributed by atoms with van der Waals surface area (Å²) in [6.45, 7) is 3.16. The molecule has 20 heavy (non-hydrogen) atoms. The van der Waals surface area contributed by atoms with E-state index in [9.17, 15) is 0 Å². The first-order chi connectivity index (χ1) is 9.65. The highest BCUT2D eigenvalue weighted by Crippen LogP contribution is 2.36. The summed E-state index contributed by atoms with van der Waals surface area (Å²) in [5, 5.41) is 3.64. The number of hydrogen-bond donors (Lipinski definition) is 1. The molecule has 1 aliphatic carbocycles. The lowest BCUT2D eigenvalue weighted by Crippen LogP contribution is -2.31. The number of rotatable bonds is 6. The van der Waals surface area contributed by atoms with Gasteiger partial charge in [0, 0.05) is 12.6 Å². The second kappa shape index (κ2) is 7.32. The molecule has 0 radical (unpaired) electrons. The van der Waals surface area contributed by atoms with Crippen molar-refractivity contribution in [2.45, 2.75) is 45.2 Å². The summed E-state index contributed by atoms with van der Waals surface area (Å²) in [6, 6.07) is 4.71. The molecule has 1 atom stereocenters. The molecule has 2 rings (SSSR count). The van der Waals surface area contributed by atoms with Crippen molar-refractivity contribution in [1.29, 1.82) is 0 Å². The number of halogens is 1. The lowest BCUT2D eigenvalue weighted by atomic mass is 9.99. The summed E-state index contributed by atoms with van der Waals surface area (Å²) in [6.07, 6.45) is 5.50. The molecule has 4 heteroatoms. The van der Waals surface area contributed by atoms with Gasteiger partial charge in [-0.1, -0.05) is 12.8 Å². The van der Waals surface area contributed by atoms with E-state index in [1.165, 1.54) is 31.2 Å². The Morgan fingerprint density at radius 3 is 2.55 bits per heavy atom. The fraction of sp³-hybridized carbons (Fsp3) is 0.625. The van der Waals surface area contributed by atoms with Crippen LogP contribution in [0.4, 0.5) is 0 Å². The molecule has 0 aliphatic heterocycles. The van der Waals surface area contributed by atoms with Crippen molar-refractivity contribution < 1.29 is 9.47 Å². The van der Waals surface area contributed by atoms with Crippen LogP contribution in [0.2, 0.25) is 0 Å². The average molecular weight is 342 g/mol. The first-order valence-corrected chi connectivity index (χ1v) is 8.08. The Bertz CT molecular complexity index is 444. The van der Waals surface area contributed by atoms with E-state index in [4.69, 9.17) is 9.47 Å². The normalized spacial score (nSPS) is 17.2. The van der Waals surface area contributed by atoms with Crippen LogP contribution in [0.1, 0.15) is 38.2 Å². The summed E-state index contributed by atoms with van der Waals surface area (Å²) < 4.78 is 11.7. The standard InChI is InChI=1S/C16H24BrNO2/c1-11(13-6-4-5-7-13)18-10-12-8-14(17)16(20-3)15(9-12)19-2/h8-9,11,13,18H,4-7,10H2,1-3H3/t11-/m1/s1. The number of methoxy groups -OCH3 is 2. The largest absolute Gasteiger partial charge is 0.493 e. The van der Waals surface area contributed by atoms with Gasteiger partial charge in [-0.25, -0.2) is 0 Å². The Hall–Kier alpha value is -0.740. The van der Waals surface area contributed by atoms with E-state index in [1.807, 2.05) is 6.07 Å². The smallest absolute Gasteiger partial charge is 0.174 e. The highest BCUT2D eigenvalue weighted by atomic mass is 79.9. The van der Waals surface area contributed by atoms with E-state index >= 15 is 0 Å². The minimum atomic E-state index is 0.573. The lowest BCUT2D eigenvalue weighted by Gasteiger charge is -2.21. The predicted octanol–water partition coefficient (Wildman–Crippen LogP) is 4.13. The van der Waals surface area contributed by atoms with Crippen molar-refractivity contribution >= 4 is 15.9 Å². The van der Waals surface area contributed by atoms with E-state index in [2.05, 4.69) is 34.2 Å². The Morgan fingerprint density at radius 1 is 1.25 bits per heavy atom. The number of ether oxygens (including phenoxy) is 2. The molecule has 3 nitrogen and oxygen atoms in total. The molecule has 0 unspecified atom stereocenters. The van der Waals surface area contributed by atoms with Crippen LogP contribution >= 0.6 is 15.9 Å². The van der Waals surface area contributed by atoms with Crippen molar-refractivity contribution in [1.82, 2.24) is 5.32 Å².